The van der Waals surface area contributed by atoms with Gasteiger partial charge in [0.15, 0.2) is 11.1 Å². The van der Waals surface area contributed by atoms with Crippen molar-refractivity contribution in [3.63, 3.8) is 0 Å². The van der Waals surface area contributed by atoms with Gasteiger partial charge < -0.3 is 49.8 Å². The molecule has 6 aromatic rings. The number of urea groups is 2. The number of nitrogens with two attached hydrogens (primary N) is 1. The van der Waals surface area contributed by atoms with Gasteiger partial charge in [-0.3, -0.25) is 34.6 Å². The van der Waals surface area contributed by atoms with Crippen LogP contribution in [-0.4, -0.2) is 88.7 Å². The smallest absolute Gasteiger partial charge is 0.322 e. The first-order chi connectivity index (χ1) is 30.2. The van der Waals surface area contributed by atoms with Crippen LogP contribution in [0, 0.1) is 0 Å². The number of pyridine rings is 2. The number of aromatic nitrogens is 2. The van der Waals surface area contributed by atoms with Crippen molar-refractivity contribution in [2.45, 2.75) is 31.1 Å². The average molecular weight is 857 g/mol. The molecule has 21 nitrogen and oxygen atoms in total. The molecule has 0 saturated carbocycles. The van der Waals surface area contributed by atoms with E-state index < -0.39 is 35.0 Å². The minimum atomic E-state index is -1.65. The van der Waals surface area contributed by atoms with E-state index in [9.17, 15) is 33.6 Å². The Morgan fingerprint density at radius 1 is 0.698 bits per heavy atom. The second-order valence-electron chi connectivity index (χ2n) is 15.1. The van der Waals surface area contributed by atoms with Crippen molar-refractivity contribution in [1.82, 2.24) is 41.0 Å². The third-order valence-electron chi connectivity index (χ3n) is 11.1. The molecular formula is C42H36N10O11. The summed E-state index contributed by atoms with van der Waals surface area (Å²) in [4.78, 5) is 98.7. The number of carbonyl (C=O) groups excluding carboxylic acids is 7. The molecule has 0 unspecified atom stereocenters. The number of nitrogens with one attached hydrogen (secondary N) is 5. The van der Waals surface area contributed by atoms with Crippen molar-refractivity contribution in [1.29, 1.82) is 0 Å². The summed E-state index contributed by atoms with van der Waals surface area (Å²) in [5, 5.41) is 13.5. The molecule has 21 heteroatoms. The highest BCUT2D eigenvalue weighted by Crippen LogP contribution is 2.37. The second-order valence-corrected chi connectivity index (χ2v) is 15.1. The van der Waals surface area contributed by atoms with E-state index in [1.807, 2.05) is 0 Å². The number of ether oxygens (including phenoxy) is 2. The number of benzene rings is 2. The normalized spacial score (nSPS) is 19.9. The second kappa shape index (κ2) is 14.9. The molecule has 2 aromatic carbocycles. The molecule has 0 spiro atoms. The lowest BCUT2D eigenvalue weighted by molar-refractivity contribution is -0.126. The van der Waals surface area contributed by atoms with Gasteiger partial charge in [-0.15, -0.1) is 0 Å². The number of hydrogen-bond donors (Lipinski definition) is 6. The number of fused-ring (bicyclic) bond motifs is 4. The van der Waals surface area contributed by atoms with E-state index in [0.29, 0.717) is 33.4 Å². The van der Waals surface area contributed by atoms with Gasteiger partial charge in [0.25, 0.3) is 23.6 Å². The van der Waals surface area contributed by atoms with E-state index in [-0.39, 0.29) is 78.5 Å². The molecule has 320 valence electrons. The summed E-state index contributed by atoms with van der Waals surface area (Å²) < 4.78 is 22.0. The Kier molecular flexibility index (Phi) is 9.45. The molecule has 4 aliphatic heterocycles. The Hall–Kier alpha value is -8.49. The number of anilines is 2. The van der Waals surface area contributed by atoms with E-state index >= 15 is 0 Å². The van der Waals surface area contributed by atoms with Crippen molar-refractivity contribution in [3.8, 4) is 11.5 Å². The first kappa shape index (κ1) is 39.9. The van der Waals surface area contributed by atoms with Crippen LogP contribution in [-0.2, 0) is 38.6 Å². The summed E-state index contributed by atoms with van der Waals surface area (Å²) in [6.07, 6.45) is 0. The number of imide groups is 2. The highest BCUT2D eigenvalue weighted by Gasteiger charge is 2.54. The number of hydrogen-bond acceptors (Lipinski definition) is 14. The first-order valence-corrected chi connectivity index (χ1v) is 19.2. The number of carbonyl (C=O) groups is 7. The van der Waals surface area contributed by atoms with Crippen LogP contribution in [0.3, 0.4) is 0 Å². The van der Waals surface area contributed by atoms with Crippen LogP contribution >= 0.6 is 0 Å². The van der Waals surface area contributed by atoms with Crippen LogP contribution in [0.15, 0.2) is 81.6 Å². The highest BCUT2D eigenvalue weighted by atomic mass is 16.5. The van der Waals surface area contributed by atoms with Gasteiger partial charge in [-0.1, -0.05) is 12.1 Å². The van der Waals surface area contributed by atoms with Crippen LogP contribution in [0.4, 0.5) is 21.2 Å². The summed E-state index contributed by atoms with van der Waals surface area (Å²) in [7, 11) is 3.04. The van der Waals surface area contributed by atoms with Crippen molar-refractivity contribution < 1.29 is 51.9 Å². The molecule has 63 heavy (non-hydrogen) atoms. The van der Waals surface area contributed by atoms with Crippen LogP contribution in [0.1, 0.15) is 50.3 Å². The zero-order valence-electron chi connectivity index (χ0n) is 33.6. The van der Waals surface area contributed by atoms with Gasteiger partial charge >= 0.3 is 12.1 Å². The van der Waals surface area contributed by atoms with E-state index in [4.69, 9.17) is 24.0 Å². The number of amides is 9. The highest BCUT2D eigenvalue weighted by molar-refractivity contribution is 6.09. The molecule has 9 amide bonds. The van der Waals surface area contributed by atoms with Crippen LogP contribution in [0.5, 0.6) is 11.5 Å². The van der Waals surface area contributed by atoms with Gasteiger partial charge in [-0.05, 0) is 71.8 Å². The molecule has 8 heterocycles. The predicted molar refractivity (Wildman–Crippen MR) is 219 cm³/mol. The molecule has 4 aromatic heterocycles. The van der Waals surface area contributed by atoms with E-state index in [0.717, 1.165) is 11.1 Å². The molecule has 2 atom stereocenters. The van der Waals surface area contributed by atoms with Gasteiger partial charge in [0.2, 0.25) is 17.3 Å². The Morgan fingerprint density at radius 2 is 1.17 bits per heavy atom. The lowest BCUT2D eigenvalue weighted by Crippen LogP contribution is -2.52. The van der Waals surface area contributed by atoms with Gasteiger partial charge in [0, 0.05) is 41.9 Å². The van der Waals surface area contributed by atoms with Gasteiger partial charge in [0.1, 0.15) is 34.7 Å². The number of nitrogen functional groups attached to an aromatic ring is 1. The molecule has 4 aliphatic rings. The molecule has 10 rings (SSSR count). The Morgan fingerprint density at radius 3 is 1.62 bits per heavy atom. The lowest BCUT2D eigenvalue weighted by atomic mass is 9.95. The minimum Gasteiger partial charge on any atom is -0.497 e. The monoisotopic (exact) mass is 856 g/mol. The maximum absolute atomic E-state index is 13.1. The van der Waals surface area contributed by atoms with Gasteiger partial charge in [-0.25, -0.2) is 9.59 Å². The third kappa shape index (κ3) is 6.89. The summed E-state index contributed by atoms with van der Waals surface area (Å²) in [5.74, 6) is -0.173. The van der Waals surface area contributed by atoms with E-state index in [2.05, 4.69) is 36.6 Å². The zero-order chi connectivity index (χ0) is 44.4. The molecule has 2 saturated heterocycles. The molecular weight excluding hydrogens is 821 g/mol. The summed E-state index contributed by atoms with van der Waals surface area (Å²) in [6, 6.07) is 18.8. The first-order valence-electron chi connectivity index (χ1n) is 19.2. The Balaban J connectivity index is 0.000000161. The van der Waals surface area contributed by atoms with E-state index in [1.165, 1.54) is 30.9 Å². The average Bonchev–Trinajstić information content (AvgIpc) is 4.10. The molecule has 7 N–H and O–H groups in total. The van der Waals surface area contributed by atoms with Gasteiger partial charge in [0.05, 0.1) is 27.3 Å². The topological polar surface area (TPSA) is 283 Å². The van der Waals surface area contributed by atoms with E-state index in [1.54, 1.807) is 72.8 Å². The molecule has 2 fully saturated rings. The SMILES string of the molecule is COc1ccc2c(c1)C(=O)N(C[C@@]1(c3cc4ccc(N)nc4o3)NC(=O)NC1=O)C2.COc1ccc2c(c1)C(=O)N(C[C@@]1(c3cc4ccc(NC(C)=O)nc4o3)NC(=O)NC1=O)C2. The summed E-state index contributed by atoms with van der Waals surface area (Å²) in [5.41, 5.74) is 5.44. The quantitative estimate of drug-likeness (QED) is 0.114. The van der Waals surface area contributed by atoms with Crippen LogP contribution in [0.25, 0.3) is 22.2 Å². The fourth-order valence-corrected chi connectivity index (χ4v) is 7.99. The summed E-state index contributed by atoms with van der Waals surface area (Å²) >= 11 is 0. The van der Waals surface area contributed by atoms with Crippen molar-refractivity contribution in [2.75, 3.05) is 38.4 Å². The number of rotatable bonds is 9. The zero-order valence-corrected chi connectivity index (χ0v) is 33.6. The van der Waals surface area contributed by atoms with Crippen LogP contribution in [0.2, 0.25) is 0 Å². The number of nitrogens with zero attached hydrogens (tertiary/aromatic N) is 4. The number of furan rings is 2. The van der Waals surface area contributed by atoms with Crippen molar-refractivity contribution in [3.05, 3.63) is 107 Å². The third-order valence-corrected chi connectivity index (χ3v) is 11.1. The van der Waals surface area contributed by atoms with Gasteiger partial charge in [-0.2, -0.15) is 9.97 Å². The lowest BCUT2D eigenvalue weighted by Gasteiger charge is -2.28. The molecule has 0 aliphatic carbocycles. The molecule has 0 radical (unpaired) electrons. The summed E-state index contributed by atoms with van der Waals surface area (Å²) in [6.45, 7) is 1.63. The number of methoxy groups -OCH3 is 2. The van der Waals surface area contributed by atoms with Crippen LogP contribution < -0.4 is 41.8 Å². The van der Waals surface area contributed by atoms with Crippen molar-refractivity contribution in [2.24, 2.45) is 0 Å². The largest absolute Gasteiger partial charge is 0.497 e. The molecule has 0 bridgehead atoms. The Bertz CT molecular complexity index is 2980. The van der Waals surface area contributed by atoms with Crippen molar-refractivity contribution >= 4 is 75.4 Å². The standard InChI is InChI=1S/C22H19N5O6.C20H17N5O5/c1-11(28)23-17-6-4-12-7-16(33-18(12)24-17)22(20(30)25-21(31)26-22)10-27-9-13-3-5-14(32-2)8-15(13)19(27)29;1-29-12-4-2-11-8-25(17(26)13(11)7-12)9-20(18(27)23-19(28)24-20)14-6-10-3-5-15(21)22-16(10)30-14/h3-8H,9-10H2,1-2H3,(H,23,24,28)(H2,25,26,30,31);2-7H,8-9H2,1H3,(H2,21,22)(H2,23,24,27,28)/t22-;20-/m00/s1. The maximum atomic E-state index is 13.1. The minimum absolute atomic E-state index is 0.115. The fourth-order valence-electron chi connectivity index (χ4n) is 7.99. The predicted octanol–water partition coefficient (Wildman–Crippen LogP) is 2.59. The Labute approximate surface area is 355 Å². The fraction of sp³-hybridized carbons (Fsp3) is 0.214. The maximum Gasteiger partial charge on any atom is 0.322 e.